The summed E-state index contributed by atoms with van der Waals surface area (Å²) in [4.78, 5) is 15.0. The average molecular weight is 243 g/mol. The Morgan fingerprint density at radius 2 is 2.11 bits per heavy atom. The van der Waals surface area contributed by atoms with Gasteiger partial charge in [0.25, 0.3) is 0 Å². The Kier molecular flexibility index (Phi) is 3.14. The number of hydrogen-bond acceptors (Lipinski definition) is 4. The smallest absolute Gasteiger partial charge is 0.335 e. The Hall–Kier alpha value is -2.56. The Morgan fingerprint density at radius 3 is 2.78 bits per heavy atom. The van der Waals surface area contributed by atoms with Gasteiger partial charge in [-0.25, -0.2) is 4.79 Å². The first-order valence-electron chi connectivity index (χ1n) is 5.39. The lowest BCUT2D eigenvalue weighted by atomic mass is 10.1. The van der Waals surface area contributed by atoms with E-state index in [-0.39, 0.29) is 5.56 Å². The van der Waals surface area contributed by atoms with Crippen molar-refractivity contribution >= 4 is 23.0 Å². The number of benzene rings is 1. The van der Waals surface area contributed by atoms with Crippen molar-refractivity contribution in [2.45, 2.75) is 6.92 Å². The van der Waals surface area contributed by atoms with Crippen molar-refractivity contribution in [3.05, 3.63) is 47.8 Å². The highest BCUT2D eigenvalue weighted by molar-refractivity contribution is 5.91. The maximum Gasteiger partial charge on any atom is 0.335 e. The van der Waals surface area contributed by atoms with Gasteiger partial charge in [0.15, 0.2) is 0 Å². The number of nitrogens with zero attached hydrogens (tertiary/aromatic N) is 1. The Balaban J connectivity index is 2.37. The van der Waals surface area contributed by atoms with Crippen molar-refractivity contribution in [3.63, 3.8) is 0 Å². The van der Waals surface area contributed by atoms with Gasteiger partial charge in [0.05, 0.1) is 28.3 Å². The zero-order valence-electron chi connectivity index (χ0n) is 9.84. The van der Waals surface area contributed by atoms with E-state index in [1.807, 2.05) is 13.0 Å². The Labute approximate surface area is 104 Å². The molecule has 0 saturated carbocycles. The summed E-state index contributed by atoms with van der Waals surface area (Å²) >= 11 is 0. The molecule has 2 rings (SSSR count). The summed E-state index contributed by atoms with van der Waals surface area (Å²) in [5, 5.41) is 12.0. The molecule has 0 aliphatic rings. The first-order valence-corrected chi connectivity index (χ1v) is 5.39. The summed E-state index contributed by atoms with van der Waals surface area (Å²) in [5.41, 5.74) is 8.67. The molecule has 1 aromatic heterocycles. The molecule has 0 radical (unpaired) electrons. The number of aryl methyl sites for hydroxylation is 1. The number of nitrogens with two attached hydrogens (primary N) is 1. The van der Waals surface area contributed by atoms with Crippen LogP contribution in [-0.2, 0) is 0 Å². The largest absolute Gasteiger partial charge is 0.478 e. The highest BCUT2D eigenvalue weighted by Gasteiger charge is 2.07. The van der Waals surface area contributed by atoms with Gasteiger partial charge in [-0.05, 0) is 37.3 Å². The van der Waals surface area contributed by atoms with Crippen LogP contribution in [0.5, 0.6) is 0 Å². The molecule has 92 valence electrons. The van der Waals surface area contributed by atoms with Crippen LogP contribution in [-0.4, -0.2) is 16.1 Å². The number of anilines is 3. The monoisotopic (exact) mass is 243 g/mol. The molecular weight excluding hydrogens is 230 g/mol. The van der Waals surface area contributed by atoms with Gasteiger partial charge < -0.3 is 16.2 Å². The van der Waals surface area contributed by atoms with Crippen molar-refractivity contribution in [1.82, 2.24) is 4.98 Å². The first-order chi connectivity index (χ1) is 8.58. The fraction of sp³-hybridized carbons (Fsp3) is 0.0769. The predicted octanol–water partition coefficient (Wildman–Crippen LogP) is 2.41. The molecule has 5 nitrogen and oxygen atoms in total. The highest BCUT2D eigenvalue weighted by Crippen LogP contribution is 2.25. The van der Waals surface area contributed by atoms with Crippen LogP contribution in [0.2, 0.25) is 0 Å². The zero-order valence-corrected chi connectivity index (χ0v) is 9.84. The fourth-order valence-electron chi connectivity index (χ4n) is 1.56. The lowest BCUT2D eigenvalue weighted by Gasteiger charge is -2.11. The van der Waals surface area contributed by atoms with E-state index >= 15 is 0 Å². The molecule has 0 bridgehead atoms. The van der Waals surface area contributed by atoms with E-state index in [0.29, 0.717) is 11.4 Å². The number of aromatic carboxylic acids is 1. The van der Waals surface area contributed by atoms with E-state index in [9.17, 15) is 4.79 Å². The van der Waals surface area contributed by atoms with Crippen LogP contribution in [0.4, 0.5) is 17.1 Å². The van der Waals surface area contributed by atoms with Crippen molar-refractivity contribution in [2.75, 3.05) is 11.1 Å². The van der Waals surface area contributed by atoms with Crippen LogP contribution in [0.3, 0.4) is 0 Å². The van der Waals surface area contributed by atoms with Crippen molar-refractivity contribution in [2.24, 2.45) is 0 Å². The predicted molar refractivity (Wildman–Crippen MR) is 70.1 cm³/mol. The van der Waals surface area contributed by atoms with Crippen LogP contribution in [0, 0.1) is 6.92 Å². The van der Waals surface area contributed by atoms with Gasteiger partial charge in [-0.2, -0.15) is 0 Å². The van der Waals surface area contributed by atoms with E-state index in [4.69, 9.17) is 10.8 Å². The van der Waals surface area contributed by atoms with Crippen LogP contribution >= 0.6 is 0 Å². The summed E-state index contributed by atoms with van der Waals surface area (Å²) in [6, 6.07) is 8.20. The minimum Gasteiger partial charge on any atom is -0.478 e. The molecule has 0 saturated heterocycles. The van der Waals surface area contributed by atoms with E-state index < -0.39 is 5.97 Å². The number of carbonyl (C=O) groups is 1. The maximum absolute atomic E-state index is 10.9. The van der Waals surface area contributed by atoms with E-state index in [1.54, 1.807) is 18.3 Å². The van der Waals surface area contributed by atoms with Crippen LogP contribution in [0.15, 0.2) is 36.5 Å². The number of carboxylic acid groups (broad SMARTS) is 1. The molecular formula is C13H13N3O2. The van der Waals surface area contributed by atoms with Gasteiger partial charge in [0.1, 0.15) is 0 Å². The lowest BCUT2D eigenvalue weighted by molar-refractivity contribution is 0.0697. The van der Waals surface area contributed by atoms with E-state index in [1.165, 1.54) is 12.1 Å². The van der Waals surface area contributed by atoms with Gasteiger partial charge in [0, 0.05) is 6.20 Å². The van der Waals surface area contributed by atoms with E-state index in [0.717, 1.165) is 11.4 Å². The SMILES string of the molecule is Cc1ncccc1Nc1cc(C(=O)O)ccc1N. The molecule has 0 spiro atoms. The molecule has 0 unspecified atom stereocenters. The zero-order chi connectivity index (χ0) is 13.1. The van der Waals surface area contributed by atoms with Gasteiger partial charge in [-0.1, -0.05) is 0 Å². The molecule has 0 amide bonds. The number of nitrogen functional groups attached to an aromatic ring is 1. The standard InChI is InChI=1S/C13H13N3O2/c1-8-11(3-2-6-15-8)16-12-7-9(13(17)18)4-5-10(12)14/h2-7,16H,14H2,1H3,(H,17,18). The normalized spacial score (nSPS) is 10.1. The summed E-state index contributed by atoms with van der Waals surface area (Å²) in [6.45, 7) is 1.86. The number of rotatable bonds is 3. The second kappa shape index (κ2) is 4.75. The second-order valence-corrected chi connectivity index (χ2v) is 3.87. The average Bonchev–Trinajstić information content (AvgIpc) is 2.34. The number of carboxylic acids is 1. The molecule has 1 aromatic carbocycles. The highest BCUT2D eigenvalue weighted by atomic mass is 16.4. The minimum absolute atomic E-state index is 0.188. The summed E-state index contributed by atoms with van der Waals surface area (Å²) < 4.78 is 0. The van der Waals surface area contributed by atoms with Gasteiger partial charge in [0.2, 0.25) is 0 Å². The molecule has 0 atom stereocenters. The number of pyridine rings is 1. The van der Waals surface area contributed by atoms with Gasteiger partial charge >= 0.3 is 5.97 Å². The molecule has 1 heterocycles. The van der Waals surface area contributed by atoms with Crippen molar-refractivity contribution in [1.29, 1.82) is 0 Å². The molecule has 0 aliphatic carbocycles. The van der Waals surface area contributed by atoms with E-state index in [2.05, 4.69) is 10.3 Å². The van der Waals surface area contributed by atoms with Crippen LogP contribution in [0.1, 0.15) is 16.1 Å². The summed E-state index contributed by atoms with van der Waals surface area (Å²) in [7, 11) is 0. The Morgan fingerprint density at radius 1 is 1.33 bits per heavy atom. The summed E-state index contributed by atoms with van der Waals surface area (Å²) in [6.07, 6.45) is 1.69. The third-order valence-corrected chi connectivity index (χ3v) is 2.58. The maximum atomic E-state index is 10.9. The van der Waals surface area contributed by atoms with Crippen molar-refractivity contribution in [3.8, 4) is 0 Å². The topological polar surface area (TPSA) is 88.2 Å². The van der Waals surface area contributed by atoms with Crippen LogP contribution in [0.25, 0.3) is 0 Å². The molecule has 0 aliphatic heterocycles. The molecule has 5 heteroatoms. The van der Waals surface area contributed by atoms with Gasteiger partial charge in [-0.15, -0.1) is 0 Å². The first kappa shape index (κ1) is 11.9. The molecule has 4 N–H and O–H groups in total. The third kappa shape index (κ3) is 2.40. The fourth-order valence-corrected chi connectivity index (χ4v) is 1.56. The van der Waals surface area contributed by atoms with Crippen molar-refractivity contribution < 1.29 is 9.90 Å². The minimum atomic E-state index is -0.985. The number of nitrogens with one attached hydrogen (secondary N) is 1. The molecule has 0 fully saturated rings. The number of aromatic nitrogens is 1. The number of hydrogen-bond donors (Lipinski definition) is 3. The molecule has 18 heavy (non-hydrogen) atoms. The second-order valence-electron chi connectivity index (χ2n) is 3.87. The van der Waals surface area contributed by atoms with Crippen LogP contribution < -0.4 is 11.1 Å². The summed E-state index contributed by atoms with van der Waals surface area (Å²) in [5.74, 6) is -0.985. The Bertz CT molecular complexity index is 597. The lowest BCUT2D eigenvalue weighted by Crippen LogP contribution is -2.02. The quantitative estimate of drug-likeness (QED) is 0.720. The third-order valence-electron chi connectivity index (χ3n) is 2.58. The van der Waals surface area contributed by atoms with Gasteiger partial charge in [-0.3, -0.25) is 4.98 Å². The molecule has 2 aromatic rings.